The SMILES string of the molecule is CN/C=C(\C=N)c1cc2c(cc1C#N)N(c1cccc3c1NCCC(=O)N3)CCN2C. The van der Waals surface area contributed by atoms with Gasteiger partial charge in [0, 0.05) is 63.7 Å². The second-order valence-corrected chi connectivity index (χ2v) is 7.53. The van der Waals surface area contributed by atoms with Crippen molar-refractivity contribution in [3.8, 4) is 6.07 Å². The van der Waals surface area contributed by atoms with Crippen LogP contribution in [-0.2, 0) is 4.79 Å². The number of likely N-dealkylation sites (N-methyl/N-ethyl adjacent to an activating group) is 1. The second kappa shape index (κ2) is 8.40. The van der Waals surface area contributed by atoms with E-state index in [1.807, 2.05) is 37.4 Å². The monoisotopic (exact) mass is 415 g/mol. The zero-order chi connectivity index (χ0) is 22.0. The van der Waals surface area contributed by atoms with Gasteiger partial charge in [-0.25, -0.2) is 0 Å². The van der Waals surface area contributed by atoms with Gasteiger partial charge in [-0.15, -0.1) is 0 Å². The summed E-state index contributed by atoms with van der Waals surface area (Å²) < 4.78 is 0. The maximum absolute atomic E-state index is 12.0. The summed E-state index contributed by atoms with van der Waals surface area (Å²) in [6.45, 7) is 2.10. The summed E-state index contributed by atoms with van der Waals surface area (Å²) in [6.07, 6.45) is 3.39. The summed E-state index contributed by atoms with van der Waals surface area (Å²) in [5, 5.41) is 26.9. The first-order valence-electron chi connectivity index (χ1n) is 10.2. The number of nitrogens with one attached hydrogen (secondary N) is 4. The van der Waals surface area contributed by atoms with Crippen molar-refractivity contribution in [2.45, 2.75) is 6.42 Å². The molecule has 0 fully saturated rings. The van der Waals surface area contributed by atoms with Crippen LogP contribution in [0.25, 0.3) is 5.57 Å². The Labute approximate surface area is 181 Å². The Morgan fingerprint density at radius 3 is 2.84 bits per heavy atom. The van der Waals surface area contributed by atoms with Crippen LogP contribution in [0.5, 0.6) is 0 Å². The van der Waals surface area contributed by atoms with Gasteiger partial charge in [0.2, 0.25) is 5.91 Å². The zero-order valence-corrected chi connectivity index (χ0v) is 17.6. The largest absolute Gasteiger partial charge is 0.393 e. The molecule has 0 unspecified atom stereocenters. The Hall–Kier alpha value is -3.99. The van der Waals surface area contributed by atoms with Gasteiger partial charge < -0.3 is 31.2 Å². The van der Waals surface area contributed by atoms with E-state index in [9.17, 15) is 10.1 Å². The minimum atomic E-state index is -0.00548. The molecule has 0 aliphatic carbocycles. The number of fused-ring (bicyclic) bond motifs is 2. The number of hydrogen-bond acceptors (Lipinski definition) is 7. The number of benzene rings is 2. The van der Waals surface area contributed by atoms with Crippen molar-refractivity contribution in [1.82, 2.24) is 5.32 Å². The predicted molar refractivity (Wildman–Crippen MR) is 125 cm³/mol. The van der Waals surface area contributed by atoms with Crippen LogP contribution in [0.4, 0.5) is 28.4 Å². The van der Waals surface area contributed by atoms with E-state index in [2.05, 4.69) is 31.8 Å². The molecule has 4 N–H and O–H groups in total. The number of anilines is 5. The molecule has 0 saturated heterocycles. The van der Waals surface area contributed by atoms with Gasteiger partial charge in [-0.3, -0.25) is 4.79 Å². The normalized spacial score (nSPS) is 15.6. The molecule has 0 spiro atoms. The van der Waals surface area contributed by atoms with Gasteiger partial charge in [0.1, 0.15) is 0 Å². The molecule has 4 rings (SSSR count). The number of para-hydroxylation sites is 1. The Morgan fingerprint density at radius 1 is 1.26 bits per heavy atom. The lowest BCUT2D eigenvalue weighted by molar-refractivity contribution is -0.115. The fraction of sp³-hybridized carbons (Fsp3) is 0.261. The molecule has 8 nitrogen and oxygen atoms in total. The highest BCUT2D eigenvalue weighted by atomic mass is 16.1. The molecule has 1 amide bonds. The third kappa shape index (κ3) is 3.66. The van der Waals surface area contributed by atoms with Gasteiger partial charge in [-0.05, 0) is 24.3 Å². The highest BCUT2D eigenvalue weighted by Gasteiger charge is 2.27. The topological polar surface area (TPSA) is 107 Å². The lowest BCUT2D eigenvalue weighted by atomic mass is 9.97. The van der Waals surface area contributed by atoms with Crippen molar-refractivity contribution in [2.75, 3.05) is 54.2 Å². The van der Waals surface area contributed by atoms with Gasteiger partial charge in [-0.2, -0.15) is 5.26 Å². The Morgan fingerprint density at radius 2 is 2.10 bits per heavy atom. The van der Waals surface area contributed by atoms with Gasteiger partial charge in [0.25, 0.3) is 0 Å². The van der Waals surface area contributed by atoms with Crippen molar-refractivity contribution in [3.63, 3.8) is 0 Å². The molecule has 2 aromatic carbocycles. The van der Waals surface area contributed by atoms with E-state index in [0.717, 1.165) is 47.1 Å². The van der Waals surface area contributed by atoms with E-state index in [1.54, 1.807) is 13.2 Å². The molecule has 2 aliphatic rings. The van der Waals surface area contributed by atoms with Crippen LogP contribution in [0.3, 0.4) is 0 Å². The maximum Gasteiger partial charge on any atom is 0.226 e. The quantitative estimate of drug-likeness (QED) is 0.572. The molecule has 158 valence electrons. The molecular formula is C23H25N7O. The van der Waals surface area contributed by atoms with Crippen molar-refractivity contribution in [1.29, 1.82) is 10.7 Å². The summed E-state index contributed by atoms with van der Waals surface area (Å²) >= 11 is 0. The summed E-state index contributed by atoms with van der Waals surface area (Å²) in [5.74, 6) is -0.00548. The van der Waals surface area contributed by atoms with Gasteiger partial charge in [0.15, 0.2) is 0 Å². The summed E-state index contributed by atoms with van der Waals surface area (Å²) in [6, 6.07) is 12.0. The molecule has 0 radical (unpaired) electrons. The third-order valence-electron chi connectivity index (χ3n) is 5.62. The van der Waals surface area contributed by atoms with Gasteiger partial charge >= 0.3 is 0 Å². The minimum Gasteiger partial charge on any atom is -0.393 e. The Kier molecular flexibility index (Phi) is 5.50. The first-order valence-corrected chi connectivity index (χ1v) is 10.2. The molecule has 2 aliphatic heterocycles. The lowest BCUT2D eigenvalue weighted by Crippen LogP contribution is -2.37. The average Bonchev–Trinajstić information content (AvgIpc) is 2.97. The number of rotatable bonds is 4. The van der Waals surface area contributed by atoms with Crippen LogP contribution >= 0.6 is 0 Å². The number of carbonyl (C=O) groups is 1. The fourth-order valence-electron chi connectivity index (χ4n) is 4.09. The van der Waals surface area contributed by atoms with Crippen molar-refractivity contribution >= 4 is 46.1 Å². The highest BCUT2D eigenvalue weighted by Crippen LogP contribution is 2.44. The van der Waals surface area contributed by atoms with Crippen LogP contribution in [0, 0.1) is 16.7 Å². The number of hydrogen-bond donors (Lipinski definition) is 4. The number of amides is 1. The number of nitriles is 1. The molecule has 0 saturated carbocycles. The van der Waals surface area contributed by atoms with Crippen LogP contribution in [0.1, 0.15) is 17.5 Å². The number of carbonyl (C=O) groups excluding carboxylic acids is 1. The summed E-state index contributed by atoms with van der Waals surface area (Å²) in [7, 11) is 3.80. The molecule has 31 heavy (non-hydrogen) atoms. The second-order valence-electron chi connectivity index (χ2n) is 7.53. The summed E-state index contributed by atoms with van der Waals surface area (Å²) in [5.41, 5.74) is 6.40. The van der Waals surface area contributed by atoms with E-state index in [-0.39, 0.29) is 5.91 Å². The minimum absolute atomic E-state index is 0.00548. The Bertz CT molecular complexity index is 1120. The lowest BCUT2D eigenvalue weighted by Gasteiger charge is -2.38. The van der Waals surface area contributed by atoms with E-state index in [1.165, 1.54) is 6.21 Å². The number of nitrogens with zero attached hydrogens (tertiary/aromatic N) is 3. The van der Waals surface area contributed by atoms with Gasteiger partial charge in [0.05, 0.1) is 40.1 Å². The third-order valence-corrected chi connectivity index (χ3v) is 5.62. The molecule has 0 bridgehead atoms. The molecular weight excluding hydrogens is 390 g/mol. The average molecular weight is 416 g/mol. The first-order chi connectivity index (χ1) is 15.1. The zero-order valence-electron chi connectivity index (χ0n) is 17.6. The van der Waals surface area contributed by atoms with Crippen LogP contribution in [0.15, 0.2) is 36.5 Å². The van der Waals surface area contributed by atoms with E-state index < -0.39 is 0 Å². The van der Waals surface area contributed by atoms with Gasteiger partial charge in [-0.1, -0.05) is 6.07 Å². The van der Waals surface area contributed by atoms with Crippen molar-refractivity contribution in [2.24, 2.45) is 0 Å². The van der Waals surface area contributed by atoms with Crippen LogP contribution in [-0.4, -0.2) is 45.9 Å². The highest BCUT2D eigenvalue weighted by molar-refractivity contribution is 6.10. The first kappa shape index (κ1) is 20.3. The van der Waals surface area contributed by atoms with E-state index >= 15 is 0 Å². The van der Waals surface area contributed by atoms with E-state index in [0.29, 0.717) is 24.1 Å². The summed E-state index contributed by atoms with van der Waals surface area (Å²) in [4.78, 5) is 16.4. The molecule has 8 heteroatoms. The molecule has 2 heterocycles. The maximum atomic E-state index is 12.0. The molecule has 0 atom stereocenters. The van der Waals surface area contributed by atoms with Crippen LogP contribution < -0.4 is 25.8 Å². The smallest absolute Gasteiger partial charge is 0.226 e. The predicted octanol–water partition coefficient (Wildman–Crippen LogP) is 3.11. The number of allylic oxidation sites excluding steroid dienone is 1. The van der Waals surface area contributed by atoms with Crippen molar-refractivity contribution in [3.05, 3.63) is 47.7 Å². The fourth-order valence-corrected chi connectivity index (χ4v) is 4.09. The molecule has 2 aromatic rings. The van der Waals surface area contributed by atoms with Crippen LogP contribution in [0.2, 0.25) is 0 Å². The van der Waals surface area contributed by atoms with E-state index in [4.69, 9.17) is 5.41 Å². The molecule has 0 aromatic heterocycles. The Balaban J connectivity index is 1.87. The standard InChI is InChI=1S/C23H25N7O/c1-26-14-16(13-25)17-11-20-21(10-15(17)12-24)30(9-8-29(20)2)19-5-3-4-18-23(19)27-7-6-22(31)28-18/h3-5,10-11,13-14,25-27H,6-9H2,1-2H3,(H,28,31)/b16-14+,25-13?. The van der Waals surface area contributed by atoms with Crippen molar-refractivity contribution < 1.29 is 4.79 Å².